The number of likely N-dealkylation sites (tertiary alicyclic amines) is 2. The third-order valence-corrected chi connectivity index (χ3v) is 6.51. The number of hydrogen-bond acceptors (Lipinski definition) is 3. The fraction of sp³-hybridized carbons (Fsp3) is 0.565. The lowest BCUT2D eigenvalue weighted by Gasteiger charge is -2.49. The number of carbonyl (C=O) groups excluding carboxylic acids is 1. The standard InChI is InChI=1S/C23H30F2N4O/c1-17-7-4-5-8-19(17)12-28-15-22(14-23(24,25)16-28)9-6-10-29(21(22)30)13-20-11-18(2)26-27(20)3/h4-5,7-8,11H,6,9-10,12-16H2,1-3H3/t22-/m0/s1. The van der Waals surface area contributed by atoms with Gasteiger partial charge >= 0.3 is 0 Å². The maximum absolute atomic E-state index is 14.9. The third kappa shape index (κ3) is 4.13. The van der Waals surface area contributed by atoms with Crippen LogP contribution < -0.4 is 0 Å². The first-order valence-electron chi connectivity index (χ1n) is 10.6. The molecular weight excluding hydrogens is 386 g/mol. The molecular formula is C23H30F2N4O. The molecule has 0 bridgehead atoms. The van der Waals surface area contributed by atoms with Crippen LogP contribution in [-0.4, -0.2) is 51.0 Å². The molecule has 1 atom stereocenters. The van der Waals surface area contributed by atoms with E-state index in [2.05, 4.69) is 5.10 Å². The molecule has 2 saturated heterocycles. The van der Waals surface area contributed by atoms with Gasteiger partial charge in [-0.25, -0.2) is 8.78 Å². The van der Waals surface area contributed by atoms with Gasteiger partial charge in [-0.15, -0.1) is 0 Å². The van der Waals surface area contributed by atoms with Crippen molar-refractivity contribution >= 4 is 5.91 Å². The molecule has 5 nitrogen and oxygen atoms in total. The Bertz CT molecular complexity index is 941. The van der Waals surface area contributed by atoms with Gasteiger partial charge in [0.05, 0.1) is 29.9 Å². The van der Waals surface area contributed by atoms with Crippen molar-refractivity contribution in [2.75, 3.05) is 19.6 Å². The van der Waals surface area contributed by atoms with Crippen molar-refractivity contribution in [1.29, 1.82) is 0 Å². The molecule has 0 N–H and O–H groups in total. The highest BCUT2D eigenvalue weighted by molar-refractivity contribution is 5.84. The van der Waals surface area contributed by atoms with E-state index in [-0.39, 0.29) is 18.9 Å². The molecule has 4 rings (SSSR count). The van der Waals surface area contributed by atoms with Crippen LogP contribution in [0.1, 0.15) is 41.8 Å². The summed E-state index contributed by atoms with van der Waals surface area (Å²) in [6.07, 6.45) is 0.910. The highest BCUT2D eigenvalue weighted by Crippen LogP contribution is 2.45. The molecule has 2 aromatic rings. The Balaban J connectivity index is 1.56. The number of carbonyl (C=O) groups is 1. The van der Waals surface area contributed by atoms with Crippen LogP contribution in [0.25, 0.3) is 0 Å². The lowest BCUT2D eigenvalue weighted by atomic mass is 9.71. The molecule has 7 heteroatoms. The fourth-order valence-corrected chi connectivity index (χ4v) is 5.18. The first-order valence-corrected chi connectivity index (χ1v) is 10.6. The van der Waals surface area contributed by atoms with Gasteiger partial charge in [-0.3, -0.25) is 14.4 Å². The Morgan fingerprint density at radius 1 is 1.13 bits per heavy atom. The van der Waals surface area contributed by atoms with Crippen LogP contribution in [0.4, 0.5) is 8.78 Å². The van der Waals surface area contributed by atoms with Crippen LogP contribution >= 0.6 is 0 Å². The molecule has 2 fully saturated rings. The van der Waals surface area contributed by atoms with Gasteiger partial charge in [0.2, 0.25) is 5.91 Å². The summed E-state index contributed by atoms with van der Waals surface area (Å²) in [5.41, 5.74) is 2.92. The zero-order valence-corrected chi connectivity index (χ0v) is 18.0. The van der Waals surface area contributed by atoms with E-state index < -0.39 is 11.3 Å². The second-order valence-electron chi connectivity index (χ2n) is 9.12. The Kier molecular flexibility index (Phi) is 5.43. The fourth-order valence-electron chi connectivity index (χ4n) is 5.18. The van der Waals surface area contributed by atoms with Gasteiger partial charge < -0.3 is 4.90 Å². The number of amides is 1. The topological polar surface area (TPSA) is 41.4 Å². The second-order valence-corrected chi connectivity index (χ2v) is 9.12. The van der Waals surface area contributed by atoms with Gasteiger partial charge in [-0.2, -0.15) is 5.10 Å². The molecule has 1 amide bonds. The minimum atomic E-state index is -2.87. The zero-order valence-electron chi connectivity index (χ0n) is 18.0. The van der Waals surface area contributed by atoms with Crippen LogP contribution in [0.3, 0.4) is 0 Å². The number of aryl methyl sites for hydroxylation is 3. The SMILES string of the molecule is Cc1cc(CN2CCC[C@]3(CN(Cc4ccccc4C)CC(F)(F)C3)C2=O)n(C)n1. The maximum atomic E-state index is 14.9. The summed E-state index contributed by atoms with van der Waals surface area (Å²) in [5, 5.41) is 4.35. The molecule has 1 aromatic heterocycles. The van der Waals surface area contributed by atoms with Crippen LogP contribution in [0, 0.1) is 19.3 Å². The molecule has 3 heterocycles. The number of nitrogens with zero attached hydrogens (tertiary/aromatic N) is 4. The Morgan fingerprint density at radius 3 is 2.60 bits per heavy atom. The molecule has 30 heavy (non-hydrogen) atoms. The zero-order chi connectivity index (χ0) is 21.5. The highest BCUT2D eigenvalue weighted by Gasteiger charge is 2.55. The van der Waals surface area contributed by atoms with E-state index in [9.17, 15) is 13.6 Å². The normalized spacial score (nSPS) is 24.6. The molecule has 0 radical (unpaired) electrons. The van der Waals surface area contributed by atoms with Gasteiger partial charge in [0.25, 0.3) is 5.92 Å². The second kappa shape index (κ2) is 7.76. The maximum Gasteiger partial charge on any atom is 0.261 e. The van der Waals surface area contributed by atoms with E-state index in [4.69, 9.17) is 0 Å². The number of benzene rings is 1. The molecule has 162 valence electrons. The van der Waals surface area contributed by atoms with Gasteiger partial charge in [-0.1, -0.05) is 24.3 Å². The Labute approximate surface area is 176 Å². The number of halogens is 2. The van der Waals surface area contributed by atoms with Crippen molar-refractivity contribution in [3.63, 3.8) is 0 Å². The quantitative estimate of drug-likeness (QED) is 0.763. The van der Waals surface area contributed by atoms with Crippen molar-refractivity contribution < 1.29 is 13.6 Å². The van der Waals surface area contributed by atoms with Crippen LogP contribution in [0.5, 0.6) is 0 Å². The third-order valence-electron chi connectivity index (χ3n) is 6.51. The average molecular weight is 417 g/mol. The molecule has 0 unspecified atom stereocenters. The summed E-state index contributed by atoms with van der Waals surface area (Å²) in [5.74, 6) is -3.01. The molecule has 2 aliphatic rings. The van der Waals surface area contributed by atoms with E-state index in [1.807, 2.05) is 51.2 Å². The molecule has 0 aliphatic carbocycles. The summed E-state index contributed by atoms with van der Waals surface area (Å²) < 4.78 is 31.5. The van der Waals surface area contributed by atoms with Crippen molar-refractivity contribution in [1.82, 2.24) is 19.6 Å². The van der Waals surface area contributed by atoms with Crippen molar-refractivity contribution in [3.8, 4) is 0 Å². The van der Waals surface area contributed by atoms with Crippen LogP contribution in [0.15, 0.2) is 30.3 Å². The van der Waals surface area contributed by atoms with Gasteiger partial charge in [0.1, 0.15) is 0 Å². The molecule has 0 saturated carbocycles. The lowest BCUT2D eigenvalue weighted by Crippen LogP contribution is -2.60. The predicted octanol–water partition coefficient (Wildman–Crippen LogP) is 3.69. The number of hydrogen-bond donors (Lipinski definition) is 0. The van der Waals surface area contributed by atoms with Gasteiger partial charge in [0, 0.05) is 33.1 Å². The Hall–Kier alpha value is -2.28. The molecule has 1 aromatic carbocycles. The number of rotatable bonds is 4. The summed E-state index contributed by atoms with van der Waals surface area (Å²) in [6.45, 7) is 5.46. The summed E-state index contributed by atoms with van der Waals surface area (Å²) in [4.78, 5) is 17.1. The predicted molar refractivity (Wildman–Crippen MR) is 111 cm³/mol. The lowest BCUT2D eigenvalue weighted by molar-refractivity contribution is -0.171. The molecule has 1 spiro atoms. The van der Waals surface area contributed by atoms with Gasteiger partial charge in [0.15, 0.2) is 0 Å². The first kappa shape index (κ1) is 21.0. The minimum absolute atomic E-state index is 0.137. The van der Waals surface area contributed by atoms with Crippen molar-refractivity contribution in [2.45, 2.75) is 52.1 Å². The summed E-state index contributed by atoms with van der Waals surface area (Å²) in [7, 11) is 1.85. The number of alkyl halides is 2. The van der Waals surface area contributed by atoms with Crippen LogP contribution in [0.2, 0.25) is 0 Å². The number of aromatic nitrogens is 2. The van der Waals surface area contributed by atoms with E-state index in [0.29, 0.717) is 32.6 Å². The summed E-state index contributed by atoms with van der Waals surface area (Å²) >= 11 is 0. The van der Waals surface area contributed by atoms with Crippen molar-refractivity contribution in [2.24, 2.45) is 12.5 Å². The van der Waals surface area contributed by atoms with Gasteiger partial charge in [-0.05, 0) is 43.9 Å². The Morgan fingerprint density at radius 2 is 1.90 bits per heavy atom. The van der Waals surface area contributed by atoms with E-state index >= 15 is 0 Å². The number of piperidine rings is 2. The summed E-state index contributed by atoms with van der Waals surface area (Å²) in [6, 6.07) is 9.82. The smallest absolute Gasteiger partial charge is 0.261 e. The highest BCUT2D eigenvalue weighted by atomic mass is 19.3. The van der Waals surface area contributed by atoms with E-state index in [0.717, 1.165) is 28.9 Å². The first-order chi connectivity index (χ1) is 14.2. The van der Waals surface area contributed by atoms with Crippen LogP contribution in [-0.2, 0) is 24.9 Å². The van der Waals surface area contributed by atoms with E-state index in [1.165, 1.54) is 0 Å². The van der Waals surface area contributed by atoms with Crippen molar-refractivity contribution in [3.05, 3.63) is 52.8 Å². The molecule has 2 aliphatic heterocycles. The largest absolute Gasteiger partial charge is 0.336 e. The average Bonchev–Trinajstić information content (AvgIpc) is 2.97. The monoisotopic (exact) mass is 416 g/mol. The minimum Gasteiger partial charge on any atom is -0.336 e. The van der Waals surface area contributed by atoms with E-state index in [1.54, 1.807) is 14.5 Å².